The molecule has 134 valence electrons. The zero-order valence-electron chi connectivity index (χ0n) is 10.4. The lowest BCUT2D eigenvalue weighted by Gasteiger charge is -2.41. The van der Waals surface area contributed by atoms with Crippen LogP contribution >= 0.6 is 0 Å². The van der Waals surface area contributed by atoms with Gasteiger partial charge in [0.25, 0.3) is 0 Å². The maximum absolute atomic E-state index is 13.3. The summed E-state index contributed by atoms with van der Waals surface area (Å²) in [5.74, 6) is -29.6. The molecule has 0 bridgehead atoms. The quantitative estimate of drug-likeness (QED) is 0.384. The molecule has 0 heterocycles. The summed E-state index contributed by atoms with van der Waals surface area (Å²) in [5, 5.41) is 0. The Kier molecular flexibility index (Phi) is 5.43. The van der Waals surface area contributed by atoms with E-state index < -0.39 is 56.9 Å². The summed E-state index contributed by atoms with van der Waals surface area (Å²) in [6.45, 7) is 0. The fourth-order valence-corrected chi connectivity index (χ4v) is 2.28. The highest BCUT2D eigenvalue weighted by Crippen LogP contribution is 2.59. The molecule has 22 heavy (non-hydrogen) atoms. The van der Waals surface area contributed by atoms with Gasteiger partial charge in [-0.15, -0.1) is 0 Å². The molecular formula is C6H6F12O2Si2. The molecule has 0 rings (SSSR count). The number of halogens is 12. The Morgan fingerprint density at radius 1 is 0.455 bits per heavy atom. The van der Waals surface area contributed by atoms with E-state index in [-0.39, 0.29) is 0 Å². The molecule has 0 aliphatic rings. The molecule has 0 unspecified atom stereocenters. The van der Waals surface area contributed by atoms with E-state index in [0.717, 1.165) is 0 Å². The van der Waals surface area contributed by atoms with Crippen LogP contribution in [0.15, 0.2) is 0 Å². The molecule has 0 aliphatic heterocycles. The normalized spacial score (nSPS) is 18.5. The summed E-state index contributed by atoms with van der Waals surface area (Å²) >= 11 is 0. The van der Waals surface area contributed by atoms with E-state index in [1.807, 2.05) is 0 Å². The van der Waals surface area contributed by atoms with Gasteiger partial charge in [0.1, 0.15) is 0 Å². The predicted molar refractivity (Wildman–Crippen MR) is 51.7 cm³/mol. The van der Waals surface area contributed by atoms with Crippen LogP contribution in [0, 0.1) is 0 Å². The van der Waals surface area contributed by atoms with Crippen LogP contribution in [0.2, 0.25) is 0 Å². The van der Waals surface area contributed by atoms with Gasteiger partial charge in [0, 0.05) is 0 Å². The number of rotatable bonds is 6. The Labute approximate surface area is 119 Å². The highest BCUT2D eigenvalue weighted by atomic mass is 28.2. The first-order valence-electron chi connectivity index (χ1n) is 4.74. The van der Waals surface area contributed by atoms with Gasteiger partial charge in [-0.25, -0.2) is 0 Å². The first-order chi connectivity index (χ1) is 9.37. The van der Waals surface area contributed by atoms with Crippen LogP contribution in [0.4, 0.5) is 52.7 Å². The Bertz CT molecular complexity index is 403. The molecular weight excluding hydrogens is 388 g/mol. The minimum absolute atomic E-state index is 1.16. The standard InChI is InChI=1S/C6H6F12O2Si2/c7-1(8,3(11,12)5(15,16)17)2(9,10)4(13,14)6(18,19-21)20-22/h21-22H3. The molecule has 0 atom stereocenters. The van der Waals surface area contributed by atoms with E-state index in [1.54, 1.807) is 0 Å². The maximum atomic E-state index is 13.3. The SMILES string of the molecule is FC(F)(F)C(F)(F)C(F)(F)C(F)(F)C(F)(F)C(F)(O[SiH3])O[SiH3]. The smallest absolute Gasteiger partial charge is 0.373 e. The Morgan fingerprint density at radius 2 is 0.727 bits per heavy atom. The highest BCUT2D eigenvalue weighted by molar-refractivity contribution is 6.00. The van der Waals surface area contributed by atoms with Crippen molar-refractivity contribution in [3.05, 3.63) is 0 Å². The molecule has 0 N–H and O–H groups in total. The minimum atomic E-state index is -7.70. The van der Waals surface area contributed by atoms with Crippen LogP contribution in [0.3, 0.4) is 0 Å². The predicted octanol–water partition coefficient (Wildman–Crippen LogP) is 1.31. The average Bonchev–Trinajstić information content (AvgIpc) is 2.35. The third-order valence-electron chi connectivity index (χ3n) is 2.44. The van der Waals surface area contributed by atoms with E-state index in [9.17, 15) is 52.7 Å². The molecule has 0 saturated carbocycles. The molecule has 0 aromatic heterocycles. The summed E-state index contributed by atoms with van der Waals surface area (Å²) in [6.07, 6.45) is -7.31. The lowest BCUT2D eigenvalue weighted by Crippen LogP contribution is -2.71. The van der Waals surface area contributed by atoms with Crippen LogP contribution in [0.25, 0.3) is 0 Å². The summed E-state index contributed by atoms with van der Waals surface area (Å²) in [4.78, 5) is 0. The van der Waals surface area contributed by atoms with Crippen molar-refractivity contribution in [1.82, 2.24) is 0 Å². The average molecular weight is 394 g/mol. The molecule has 0 radical (unpaired) electrons. The van der Waals surface area contributed by atoms with Gasteiger partial charge in [-0.1, -0.05) is 0 Å². The maximum Gasteiger partial charge on any atom is 0.460 e. The van der Waals surface area contributed by atoms with Crippen LogP contribution in [0.5, 0.6) is 0 Å². The van der Waals surface area contributed by atoms with Gasteiger partial charge in [-0.3, -0.25) is 0 Å². The van der Waals surface area contributed by atoms with Gasteiger partial charge in [-0.05, 0) is 0 Å². The molecule has 16 heteroatoms. The first-order valence-corrected chi connectivity index (χ1v) is 6.38. The molecule has 0 spiro atoms. The summed E-state index contributed by atoms with van der Waals surface area (Å²) in [6, 6.07) is -5.28. The zero-order chi connectivity index (χ0) is 18.4. The van der Waals surface area contributed by atoms with Gasteiger partial charge in [0.15, 0.2) is 21.0 Å². The van der Waals surface area contributed by atoms with Crippen molar-refractivity contribution < 1.29 is 61.5 Å². The lowest BCUT2D eigenvalue weighted by atomic mass is 9.97. The Hall–Kier alpha value is -0.486. The Balaban J connectivity index is 6.23. The second-order valence-corrected chi connectivity index (χ2v) is 4.56. The van der Waals surface area contributed by atoms with Gasteiger partial charge >= 0.3 is 35.9 Å². The molecule has 0 aromatic carbocycles. The molecule has 0 saturated heterocycles. The van der Waals surface area contributed by atoms with Crippen LogP contribution in [-0.2, 0) is 8.85 Å². The van der Waals surface area contributed by atoms with Crippen molar-refractivity contribution in [2.24, 2.45) is 0 Å². The third-order valence-corrected chi connectivity index (χ3v) is 3.49. The zero-order valence-corrected chi connectivity index (χ0v) is 14.4. The van der Waals surface area contributed by atoms with Crippen molar-refractivity contribution in [3.8, 4) is 0 Å². The monoisotopic (exact) mass is 394 g/mol. The number of hydrogen-bond donors (Lipinski definition) is 0. The van der Waals surface area contributed by atoms with Gasteiger partial charge in [0.05, 0.1) is 0 Å². The second-order valence-electron chi connectivity index (χ2n) is 3.74. The van der Waals surface area contributed by atoms with Crippen LogP contribution in [0.1, 0.15) is 0 Å². The van der Waals surface area contributed by atoms with Crippen molar-refractivity contribution in [3.63, 3.8) is 0 Å². The van der Waals surface area contributed by atoms with Gasteiger partial charge in [-0.2, -0.15) is 52.7 Å². The van der Waals surface area contributed by atoms with E-state index in [2.05, 4.69) is 8.85 Å². The fraction of sp³-hybridized carbons (Fsp3) is 1.00. The second kappa shape index (κ2) is 5.55. The Morgan fingerprint density at radius 3 is 0.955 bits per heavy atom. The summed E-state index contributed by atoms with van der Waals surface area (Å²) < 4.78 is 158. The van der Waals surface area contributed by atoms with Crippen molar-refractivity contribution in [2.45, 2.75) is 35.9 Å². The minimum Gasteiger partial charge on any atom is -0.373 e. The molecule has 0 fully saturated rings. The fourth-order valence-electron chi connectivity index (χ4n) is 1.10. The molecule has 0 amide bonds. The van der Waals surface area contributed by atoms with Gasteiger partial charge < -0.3 is 8.85 Å². The van der Waals surface area contributed by atoms with Crippen molar-refractivity contribution in [2.75, 3.05) is 0 Å². The molecule has 0 aromatic rings. The van der Waals surface area contributed by atoms with E-state index in [1.165, 1.54) is 0 Å². The number of alkyl halides is 12. The lowest BCUT2D eigenvalue weighted by molar-refractivity contribution is -0.463. The topological polar surface area (TPSA) is 18.5 Å². The van der Waals surface area contributed by atoms with Crippen molar-refractivity contribution >= 4 is 21.0 Å². The molecule has 2 nitrogen and oxygen atoms in total. The van der Waals surface area contributed by atoms with Crippen LogP contribution in [-0.4, -0.2) is 56.9 Å². The van der Waals surface area contributed by atoms with Gasteiger partial charge in [0.2, 0.25) is 0 Å². The first kappa shape index (κ1) is 21.5. The third kappa shape index (κ3) is 2.62. The largest absolute Gasteiger partial charge is 0.460 e. The molecule has 0 aliphatic carbocycles. The van der Waals surface area contributed by atoms with Crippen LogP contribution < -0.4 is 0 Å². The summed E-state index contributed by atoms with van der Waals surface area (Å²) in [5.41, 5.74) is 0. The number of hydrogen-bond acceptors (Lipinski definition) is 2. The van der Waals surface area contributed by atoms with Crippen molar-refractivity contribution in [1.29, 1.82) is 0 Å². The van der Waals surface area contributed by atoms with E-state index in [0.29, 0.717) is 0 Å². The summed E-state index contributed by atoms with van der Waals surface area (Å²) in [7, 11) is -2.32. The highest BCUT2D eigenvalue weighted by Gasteiger charge is 2.90. The van der Waals surface area contributed by atoms with E-state index in [4.69, 9.17) is 0 Å². The van der Waals surface area contributed by atoms with E-state index >= 15 is 0 Å².